The van der Waals surface area contributed by atoms with E-state index in [1.807, 2.05) is 24.3 Å². The van der Waals surface area contributed by atoms with Gasteiger partial charge >= 0.3 is 12.1 Å². The fourth-order valence-electron chi connectivity index (χ4n) is 1.74. The molecule has 0 aliphatic rings. The van der Waals surface area contributed by atoms with Crippen LogP contribution in [0.5, 0.6) is 5.75 Å². The van der Waals surface area contributed by atoms with Crippen molar-refractivity contribution < 1.29 is 19.1 Å². The number of carbonyl (C=O) groups is 2. The Kier molecular flexibility index (Phi) is 7.18. The van der Waals surface area contributed by atoms with E-state index >= 15 is 0 Å². The number of ether oxygens (including phenoxy) is 2. The Hall–Kier alpha value is -2.44. The molecule has 0 atom stereocenters. The van der Waals surface area contributed by atoms with Gasteiger partial charge in [-0.2, -0.15) is 0 Å². The summed E-state index contributed by atoms with van der Waals surface area (Å²) in [5.41, 5.74) is 0.348. The zero-order chi connectivity index (χ0) is 17.3. The van der Waals surface area contributed by atoms with Gasteiger partial charge in [-0.15, -0.1) is 0 Å². The number of urea groups is 1. The average Bonchev–Trinajstić information content (AvgIpc) is 2.48. The second kappa shape index (κ2) is 8.87. The van der Waals surface area contributed by atoms with E-state index in [0.29, 0.717) is 13.1 Å². The van der Waals surface area contributed by atoms with E-state index in [-0.39, 0.29) is 12.6 Å². The Morgan fingerprint density at radius 2 is 1.70 bits per heavy atom. The molecule has 0 aliphatic carbocycles. The van der Waals surface area contributed by atoms with Gasteiger partial charge in [0.2, 0.25) is 0 Å². The third-order valence-corrected chi connectivity index (χ3v) is 2.71. The number of rotatable bonds is 6. The summed E-state index contributed by atoms with van der Waals surface area (Å²) in [6, 6.07) is 7.14. The maximum atomic E-state index is 11.7. The molecule has 0 heterocycles. The van der Waals surface area contributed by atoms with Crippen LogP contribution in [0.2, 0.25) is 0 Å². The van der Waals surface area contributed by atoms with Crippen LogP contribution >= 0.6 is 0 Å². The molecule has 0 saturated carbocycles. The first-order valence-corrected chi connectivity index (χ1v) is 7.42. The van der Waals surface area contributed by atoms with E-state index in [4.69, 9.17) is 9.47 Å². The molecule has 128 valence electrons. The van der Waals surface area contributed by atoms with Crippen LogP contribution in [0.15, 0.2) is 24.3 Å². The van der Waals surface area contributed by atoms with Crippen LogP contribution < -0.4 is 20.7 Å². The van der Waals surface area contributed by atoms with Crippen molar-refractivity contribution in [2.45, 2.75) is 32.9 Å². The smallest absolute Gasteiger partial charge is 0.407 e. The van der Waals surface area contributed by atoms with Gasteiger partial charge in [-0.05, 0) is 26.8 Å². The normalized spacial score (nSPS) is 10.6. The Morgan fingerprint density at radius 3 is 2.35 bits per heavy atom. The van der Waals surface area contributed by atoms with Crippen LogP contribution in [0.4, 0.5) is 9.59 Å². The van der Waals surface area contributed by atoms with E-state index in [9.17, 15) is 9.59 Å². The van der Waals surface area contributed by atoms with Gasteiger partial charge < -0.3 is 25.4 Å². The predicted molar refractivity (Wildman–Crippen MR) is 87.5 cm³/mol. The zero-order valence-corrected chi connectivity index (χ0v) is 14.1. The summed E-state index contributed by atoms with van der Waals surface area (Å²) >= 11 is 0. The van der Waals surface area contributed by atoms with E-state index < -0.39 is 11.7 Å². The van der Waals surface area contributed by atoms with Gasteiger partial charge in [0, 0.05) is 25.2 Å². The molecule has 3 amide bonds. The van der Waals surface area contributed by atoms with E-state index in [2.05, 4.69) is 16.0 Å². The Labute approximate surface area is 136 Å². The van der Waals surface area contributed by atoms with Crippen molar-refractivity contribution in [3.63, 3.8) is 0 Å². The van der Waals surface area contributed by atoms with Gasteiger partial charge in [0.1, 0.15) is 11.4 Å². The molecule has 0 bridgehead atoms. The topological polar surface area (TPSA) is 88.7 Å². The van der Waals surface area contributed by atoms with Crippen molar-refractivity contribution in [1.29, 1.82) is 0 Å². The molecule has 0 radical (unpaired) electrons. The number of carbonyl (C=O) groups excluding carboxylic acids is 2. The Bertz CT molecular complexity index is 526. The highest BCUT2D eigenvalue weighted by Crippen LogP contribution is 2.16. The number of para-hydroxylation sites is 1. The van der Waals surface area contributed by atoms with Crippen molar-refractivity contribution in [3.05, 3.63) is 29.8 Å². The molecule has 3 N–H and O–H groups in total. The van der Waals surface area contributed by atoms with Gasteiger partial charge in [0.25, 0.3) is 0 Å². The molecule has 1 rings (SSSR count). The van der Waals surface area contributed by atoms with Gasteiger partial charge in [0.15, 0.2) is 0 Å². The molecule has 0 unspecified atom stereocenters. The molecular weight excluding hydrogens is 298 g/mol. The van der Waals surface area contributed by atoms with Crippen molar-refractivity contribution in [3.8, 4) is 5.75 Å². The summed E-state index contributed by atoms with van der Waals surface area (Å²) in [5.74, 6) is 0.722. The average molecular weight is 323 g/mol. The van der Waals surface area contributed by atoms with Crippen LogP contribution in [0, 0.1) is 0 Å². The SMILES string of the molecule is COc1ccccc1CNC(=O)NCCNC(=O)OC(C)(C)C. The van der Waals surface area contributed by atoms with Gasteiger partial charge in [-0.3, -0.25) is 0 Å². The largest absolute Gasteiger partial charge is 0.496 e. The van der Waals surface area contributed by atoms with Crippen molar-refractivity contribution in [2.75, 3.05) is 20.2 Å². The third-order valence-electron chi connectivity index (χ3n) is 2.71. The molecule has 23 heavy (non-hydrogen) atoms. The molecule has 0 saturated heterocycles. The van der Waals surface area contributed by atoms with Crippen LogP contribution in [0.25, 0.3) is 0 Å². The van der Waals surface area contributed by atoms with Gasteiger partial charge in [-0.1, -0.05) is 18.2 Å². The second-order valence-electron chi connectivity index (χ2n) is 5.85. The lowest BCUT2D eigenvalue weighted by Gasteiger charge is -2.19. The van der Waals surface area contributed by atoms with E-state index in [0.717, 1.165) is 11.3 Å². The summed E-state index contributed by atoms with van der Waals surface area (Å²) < 4.78 is 10.3. The standard InChI is InChI=1S/C16H25N3O4/c1-16(2,3)23-15(21)18-10-9-17-14(20)19-11-12-7-5-6-8-13(12)22-4/h5-8H,9-11H2,1-4H3,(H,18,21)(H2,17,19,20). The fraction of sp³-hybridized carbons (Fsp3) is 0.500. The van der Waals surface area contributed by atoms with Crippen molar-refractivity contribution in [1.82, 2.24) is 16.0 Å². The van der Waals surface area contributed by atoms with Crippen molar-refractivity contribution in [2.24, 2.45) is 0 Å². The highest BCUT2D eigenvalue weighted by atomic mass is 16.6. The molecular formula is C16H25N3O4. The zero-order valence-electron chi connectivity index (χ0n) is 14.1. The highest BCUT2D eigenvalue weighted by Gasteiger charge is 2.15. The molecule has 7 nitrogen and oxygen atoms in total. The van der Waals surface area contributed by atoms with E-state index in [1.165, 1.54) is 0 Å². The maximum absolute atomic E-state index is 11.7. The van der Waals surface area contributed by atoms with Crippen molar-refractivity contribution >= 4 is 12.1 Å². The molecule has 1 aromatic carbocycles. The fourth-order valence-corrected chi connectivity index (χ4v) is 1.74. The number of methoxy groups -OCH3 is 1. The predicted octanol–water partition coefficient (Wildman–Crippen LogP) is 2.02. The minimum absolute atomic E-state index is 0.289. The minimum Gasteiger partial charge on any atom is -0.496 e. The summed E-state index contributed by atoms with van der Waals surface area (Å²) in [4.78, 5) is 23.1. The molecule has 1 aromatic rings. The lowest BCUT2D eigenvalue weighted by atomic mass is 10.2. The maximum Gasteiger partial charge on any atom is 0.407 e. The van der Waals surface area contributed by atoms with E-state index in [1.54, 1.807) is 27.9 Å². The summed E-state index contributed by atoms with van der Waals surface area (Å²) in [5, 5.41) is 7.94. The number of alkyl carbamates (subject to hydrolysis) is 1. The summed E-state index contributed by atoms with van der Waals surface area (Å²) in [7, 11) is 1.58. The number of hydrogen-bond acceptors (Lipinski definition) is 4. The summed E-state index contributed by atoms with van der Waals surface area (Å²) in [6.45, 7) is 6.31. The Morgan fingerprint density at radius 1 is 1.04 bits per heavy atom. The monoisotopic (exact) mass is 323 g/mol. The third kappa shape index (κ3) is 7.94. The lowest BCUT2D eigenvalue weighted by molar-refractivity contribution is 0.0528. The molecule has 0 spiro atoms. The number of benzene rings is 1. The lowest BCUT2D eigenvalue weighted by Crippen LogP contribution is -2.41. The molecule has 0 aliphatic heterocycles. The molecule has 0 aromatic heterocycles. The summed E-state index contributed by atoms with van der Waals surface area (Å²) in [6.07, 6.45) is -0.506. The molecule has 7 heteroatoms. The quantitative estimate of drug-likeness (QED) is 0.699. The first kappa shape index (κ1) is 18.6. The molecule has 0 fully saturated rings. The van der Waals surface area contributed by atoms with Crippen LogP contribution in [-0.4, -0.2) is 37.9 Å². The van der Waals surface area contributed by atoms with Crippen LogP contribution in [0.1, 0.15) is 26.3 Å². The first-order valence-electron chi connectivity index (χ1n) is 7.42. The Balaban J connectivity index is 2.21. The van der Waals surface area contributed by atoms with Gasteiger partial charge in [-0.25, -0.2) is 9.59 Å². The first-order chi connectivity index (χ1) is 10.8. The minimum atomic E-state index is -0.538. The highest BCUT2D eigenvalue weighted by molar-refractivity contribution is 5.74. The van der Waals surface area contributed by atoms with Crippen LogP contribution in [0.3, 0.4) is 0 Å². The second-order valence-corrected chi connectivity index (χ2v) is 5.85. The van der Waals surface area contributed by atoms with Gasteiger partial charge in [0.05, 0.1) is 7.11 Å². The number of nitrogens with one attached hydrogen (secondary N) is 3. The number of hydrogen-bond donors (Lipinski definition) is 3. The van der Waals surface area contributed by atoms with Crippen LogP contribution in [-0.2, 0) is 11.3 Å². The number of amides is 3.